The molecule has 0 spiro atoms. The smallest absolute Gasteiger partial charge is 0.263 e. The highest BCUT2D eigenvalue weighted by molar-refractivity contribution is 7.93. The van der Waals surface area contributed by atoms with Gasteiger partial charge in [0.15, 0.2) is 5.13 Å². The van der Waals surface area contributed by atoms with E-state index in [1.807, 2.05) is 20.8 Å². The molecule has 0 saturated carbocycles. The lowest BCUT2D eigenvalue weighted by Gasteiger charge is -2.22. The maximum atomic E-state index is 12.4. The zero-order valence-corrected chi connectivity index (χ0v) is 14.0. The lowest BCUT2D eigenvalue weighted by molar-refractivity contribution is 0.397. The van der Waals surface area contributed by atoms with E-state index in [0.717, 1.165) is 5.56 Å². The van der Waals surface area contributed by atoms with Crippen LogP contribution < -0.4 is 9.46 Å². The van der Waals surface area contributed by atoms with Crippen molar-refractivity contribution in [2.75, 3.05) is 11.8 Å². The SMILES string of the molecule is COc1ccc(S(=O)(=O)Nc2nccs2)cc1C(C)(C)C. The average Bonchev–Trinajstić information content (AvgIpc) is 2.89. The molecule has 114 valence electrons. The number of hydrogen-bond donors (Lipinski definition) is 1. The highest BCUT2D eigenvalue weighted by atomic mass is 32.2. The number of ether oxygens (including phenoxy) is 1. The van der Waals surface area contributed by atoms with Crippen LogP contribution in [0.5, 0.6) is 5.75 Å². The van der Waals surface area contributed by atoms with Crippen LogP contribution in [-0.4, -0.2) is 20.5 Å². The van der Waals surface area contributed by atoms with Crippen molar-refractivity contribution >= 4 is 26.5 Å². The molecule has 0 aliphatic rings. The van der Waals surface area contributed by atoms with Crippen LogP contribution in [0.4, 0.5) is 5.13 Å². The van der Waals surface area contributed by atoms with Crippen LogP contribution in [0, 0.1) is 0 Å². The lowest BCUT2D eigenvalue weighted by atomic mass is 9.86. The molecule has 1 aromatic heterocycles. The van der Waals surface area contributed by atoms with Crippen molar-refractivity contribution in [3.05, 3.63) is 35.3 Å². The first-order valence-electron chi connectivity index (χ1n) is 6.35. The van der Waals surface area contributed by atoms with E-state index in [2.05, 4.69) is 9.71 Å². The van der Waals surface area contributed by atoms with Gasteiger partial charge in [0, 0.05) is 17.1 Å². The Bertz CT molecular complexity index is 717. The Balaban J connectivity index is 2.45. The maximum Gasteiger partial charge on any atom is 0.263 e. The summed E-state index contributed by atoms with van der Waals surface area (Å²) in [6.07, 6.45) is 1.55. The molecule has 0 amide bonds. The summed E-state index contributed by atoms with van der Waals surface area (Å²) < 4.78 is 32.6. The Morgan fingerprint density at radius 3 is 2.52 bits per heavy atom. The van der Waals surface area contributed by atoms with Gasteiger partial charge < -0.3 is 4.74 Å². The minimum Gasteiger partial charge on any atom is -0.496 e. The first kappa shape index (κ1) is 15.8. The molecule has 0 aliphatic carbocycles. The number of anilines is 1. The van der Waals surface area contributed by atoms with E-state index in [1.54, 1.807) is 30.8 Å². The highest BCUT2D eigenvalue weighted by Crippen LogP contribution is 2.33. The first-order valence-corrected chi connectivity index (χ1v) is 8.71. The molecular formula is C14H18N2O3S2. The Labute approximate surface area is 129 Å². The van der Waals surface area contributed by atoms with E-state index in [1.165, 1.54) is 17.4 Å². The number of thiazole rings is 1. The normalized spacial score (nSPS) is 12.2. The molecule has 21 heavy (non-hydrogen) atoms. The molecule has 1 heterocycles. The molecule has 0 bridgehead atoms. The minimum atomic E-state index is -3.65. The fraction of sp³-hybridized carbons (Fsp3) is 0.357. The van der Waals surface area contributed by atoms with Crippen molar-refractivity contribution in [1.29, 1.82) is 0 Å². The van der Waals surface area contributed by atoms with Crippen LogP contribution in [0.25, 0.3) is 0 Å². The van der Waals surface area contributed by atoms with Crippen LogP contribution in [-0.2, 0) is 15.4 Å². The zero-order chi connectivity index (χ0) is 15.7. The van der Waals surface area contributed by atoms with Crippen LogP contribution >= 0.6 is 11.3 Å². The Morgan fingerprint density at radius 2 is 2.00 bits per heavy atom. The number of rotatable bonds is 4. The molecule has 0 atom stereocenters. The Hall–Kier alpha value is -1.60. The van der Waals surface area contributed by atoms with Crippen LogP contribution in [0.1, 0.15) is 26.3 Å². The Morgan fingerprint density at radius 1 is 1.29 bits per heavy atom. The van der Waals surface area contributed by atoms with Crippen molar-refractivity contribution in [1.82, 2.24) is 4.98 Å². The first-order chi connectivity index (χ1) is 9.74. The summed E-state index contributed by atoms with van der Waals surface area (Å²) in [5.41, 5.74) is 0.616. The van der Waals surface area contributed by atoms with Crippen molar-refractivity contribution in [3.63, 3.8) is 0 Å². The van der Waals surface area contributed by atoms with E-state index in [-0.39, 0.29) is 10.3 Å². The van der Waals surface area contributed by atoms with Gasteiger partial charge in [0.25, 0.3) is 10.0 Å². The number of benzene rings is 1. The van der Waals surface area contributed by atoms with Crippen LogP contribution in [0.15, 0.2) is 34.7 Å². The molecule has 7 heteroatoms. The fourth-order valence-electron chi connectivity index (χ4n) is 1.89. The standard InChI is InChI=1S/C14H18N2O3S2/c1-14(2,3)11-9-10(5-6-12(11)19-4)21(17,18)16-13-15-7-8-20-13/h5-9H,1-4H3,(H,15,16). The molecule has 2 rings (SSSR count). The van der Waals surface area contributed by atoms with Gasteiger partial charge >= 0.3 is 0 Å². The quantitative estimate of drug-likeness (QED) is 0.936. The van der Waals surface area contributed by atoms with Gasteiger partial charge in [0.05, 0.1) is 12.0 Å². The summed E-state index contributed by atoms with van der Waals surface area (Å²) in [6, 6.07) is 4.86. The third-order valence-corrected chi connectivity index (χ3v) is 5.10. The van der Waals surface area contributed by atoms with E-state index in [9.17, 15) is 8.42 Å². The van der Waals surface area contributed by atoms with Gasteiger partial charge in [0.1, 0.15) is 5.75 Å². The maximum absolute atomic E-state index is 12.4. The van der Waals surface area contributed by atoms with Gasteiger partial charge in [0.2, 0.25) is 0 Å². The highest BCUT2D eigenvalue weighted by Gasteiger charge is 2.23. The average molecular weight is 326 g/mol. The van der Waals surface area contributed by atoms with Crippen LogP contribution in [0.3, 0.4) is 0 Å². The predicted molar refractivity (Wildman–Crippen MR) is 84.6 cm³/mol. The molecule has 5 nitrogen and oxygen atoms in total. The second kappa shape index (κ2) is 5.65. The van der Waals surface area contributed by atoms with Crippen molar-refractivity contribution in [2.24, 2.45) is 0 Å². The van der Waals surface area contributed by atoms with E-state index in [0.29, 0.717) is 10.9 Å². The number of nitrogens with one attached hydrogen (secondary N) is 1. The number of sulfonamides is 1. The van der Waals surface area contributed by atoms with Crippen molar-refractivity contribution in [2.45, 2.75) is 31.1 Å². The molecule has 0 fully saturated rings. The fourth-order valence-corrected chi connectivity index (χ4v) is 3.70. The number of nitrogens with zero attached hydrogens (tertiary/aromatic N) is 1. The van der Waals surface area contributed by atoms with E-state index < -0.39 is 10.0 Å². The van der Waals surface area contributed by atoms with Gasteiger partial charge in [-0.3, -0.25) is 4.72 Å². The largest absolute Gasteiger partial charge is 0.496 e. The van der Waals surface area contributed by atoms with Gasteiger partial charge in [-0.25, -0.2) is 13.4 Å². The van der Waals surface area contributed by atoms with E-state index >= 15 is 0 Å². The summed E-state index contributed by atoms with van der Waals surface area (Å²) in [4.78, 5) is 4.13. The Kier molecular flexibility index (Phi) is 4.25. The third-order valence-electron chi connectivity index (χ3n) is 2.94. The van der Waals surface area contributed by atoms with Gasteiger partial charge in [-0.15, -0.1) is 11.3 Å². The molecule has 0 saturated heterocycles. The van der Waals surface area contributed by atoms with Crippen LogP contribution in [0.2, 0.25) is 0 Å². The number of hydrogen-bond acceptors (Lipinski definition) is 5. The monoisotopic (exact) mass is 326 g/mol. The third kappa shape index (κ3) is 3.54. The topological polar surface area (TPSA) is 68.3 Å². The number of aromatic nitrogens is 1. The van der Waals surface area contributed by atoms with Crippen molar-refractivity contribution in [3.8, 4) is 5.75 Å². The second-order valence-corrected chi connectivity index (χ2v) is 8.13. The predicted octanol–water partition coefficient (Wildman–Crippen LogP) is 3.25. The molecule has 0 aliphatic heterocycles. The van der Waals surface area contributed by atoms with Gasteiger partial charge in [-0.2, -0.15) is 0 Å². The molecule has 1 aromatic carbocycles. The molecule has 0 radical (unpaired) electrons. The lowest BCUT2D eigenvalue weighted by Crippen LogP contribution is -2.17. The molecule has 2 aromatic rings. The van der Waals surface area contributed by atoms with E-state index in [4.69, 9.17) is 4.74 Å². The second-order valence-electron chi connectivity index (χ2n) is 5.55. The molecular weight excluding hydrogens is 308 g/mol. The summed E-state index contributed by atoms with van der Waals surface area (Å²) >= 11 is 1.24. The minimum absolute atomic E-state index is 0.198. The summed E-state index contributed by atoms with van der Waals surface area (Å²) in [5, 5.41) is 2.06. The molecule has 1 N–H and O–H groups in total. The summed E-state index contributed by atoms with van der Waals surface area (Å²) in [6.45, 7) is 6.03. The zero-order valence-electron chi connectivity index (χ0n) is 12.4. The molecule has 0 unspecified atom stereocenters. The van der Waals surface area contributed by atoms with Gasteiger partial charge in [-0.1, -0.05) is 20.8 Å². The summed E-state index contributed by atoms with van der Waals surface area (Å²) in [7, 11) is -2.07. The summed E-state index contributed by atoms with van der Waals surface area (Å²) in [5.74, 6) is 0.677. The van der Waals surface area contributed by atoms with Gasteiger partial charge in [-0.05, 0) is 23.6 Å². The van der Waals surface area contributed by atoms with Crippen molar-refractivity contribution < 1.29 is 13.2 Å². The number of methoxy groups -OCH3 is 1.